The minimum absolute atomic E-state index is 0.109. The second-order valence-electron chi connectivity index (χ2n) is 5.95. The third-order valence-electron chi connectivity index (χ3n) is 4.32. The number of hydrogen-bond acceptors (Lipinski definition) is 2. The summed E-state index contributed by atoms with van der Waals surface area (Å²) in [5.41, 5.74) is 9.81. The largest absolute Gasteiger partial charge is 0.326 e. The Hall–Kier alpha value is -1.71. The van der Waals surface area contributed by atoms with Crippen LogP contribution in [0.2, 0.25) is 0 Å². The number of halogens is 1. The first kappa shape index (κ1) is 14.2. The van der Waals surface area contributed by atoms with Crippen molar-refractivity contribution in [3.05, 3.63) is 71.0 Å². The highest BCUT2D eigenvalue weighted by molar-refractivity contribution is 5.32. The van der Waals surface area contributed by atoms with Crippen LogP contribution in [0, 0.1) is 12.7 Å². The van der Waals surface area contributed by atoms with Gasteiger partial charge in [0.25, 0.3) is 0 Å². The van der Waals surface area contributed by atoms with Gasteiger partial charge in [-0.05, 0) is 35.7 Å². The number of rotatable bonds is 3. The average Bonchev–Trinajstić information content (AvgIpc) is 2.80. The van der Waals surface area contributed by atoms with E-state index in [1.54, 1.807) is 6.07 Å². The summed E-state index contributed by atoms with van der Waals surface area (Å²) >= 11 is 0. The van der Waals surface area contributed by atoms with Crippen LogP contribution in [-0.2, 0) is 6.54 Å². The van der Waals surface area contributed by atoms with Crippen LogP contribution >= 0.6 is 0 Å². The maximum absolute atomic E-state index is 13.3. The second-order valence-corrected chi connectivity index (χ2v) is 5.95. The van der Waals surface area contributed by atoms with Gasteiger partial charge in [0.05, 0.1) is 0 Å². The summed E-state index contributed by atoms with van der Waals surface area (Å²) in [6.45, 7) is 4.70. The minimum Gasteiger partial charge on any atom is -0.326 e. The number of likely N-dealkylation sites (tertiary alicyclic amines) is 1. The quantitative estimate of drug-likeness (QED) is 0.938. The maximum atomic E-state index is 13.3. The summed E-state index contributed by atoms with van der Waals surface area (Å²) in [4.78, 5) is 2.38. The smallest absolute Gasteiger partial charge is 0.123 e. The van der Waals surface area contributed by atoms with Gasteiger partial charge in [-0.3, -0.25) is 4.90 Å². The predicted molar refractivity (Wildman–Crippen MR) is 83.6 cm³/mol. The van der Waals surface area contributed by atoms with Gasteiger partial charge in [-0.25, -0.2) is 4.39 Å². The zero-order valence-electron chi connectivity index (χ0n) is 12.3. The molecular weight excluding hydrogens is 263 g/mol. The highest BCUT2D eigenvalue weighted by Gasteiger charge is 2.31. The van der Waals surface area contributed by atoms with Crippen LogP contribution in [0.5, 0.6) is 0 Å². The molecule has 0 radical (unpaired) electrons. The molecule has 0 saturated carbocycles. The van der Waals surface area contributed by atoms with Crippen molar-refractivity contribution in [2.45, 2.75) is 25.4 Å². The van der Waals surface area contributed by atoms with Crippen molar-refractivity contribution in [3.63, 3.8) is 0 Å². The van der Waals surface area contributed by atoms with Crippen LogP contribution in [-0.4, -0.2) is 24.0 Å². The Morgan fingerprint density at radius 3 is 2.62 bits per heavy atom. The van der Waals surface area contributed by atoms with Gasteiger partial charge in [-0.1, -0.05) is 36.4 Å². The molecule has 0 spiro atoms. The Balaban J connectivity index is 1.74. The molecule has 0 aliphatic carbocycles. The van der Waals surface area contributed by atoms with E-state index in [2.05, 4.69) is 29.2 Å². The molecular formula is C18H21FN2. The molecule has 2 aromatic carbocycles. The maximum Gasteiger partial charge on any atom is 0.123 e. The molecule has 0 unspecified atom stereocenters. The Bertz CT molecular complexity index is 612. The Morgan fingerprint density at radius 2 is 1.90 bits per heavy atom. The second kappa shape index (κ2) is 5.96. The molecule has 3 heteroatoms. The zero-order chi connectivity index (χ0) is 14.8. The molecule has 110 valence electrons. The Morgan fingerprint density at radius 1 is 1.14 bits per heavy atom. The van der Waals surface area contributed by atoms with Crippen molar-refractivity contribution in [1.82, 2.24) is 4.90 Å². The lowest BCUT2D eigenvalue weighted by molar-refractivity contribution is 0.324. The van der Waals surface area contributed by atoms with E-state index >= 15 is 0 Å². The predicted octanol–water partition coefficient (Wildman–Crippen LogP) is 3.06. The minimum atomic E-state index is -0.177. The summed E-state index contributed by atoms with van der Waals surface area (Å²) in [6, 6.07) is 15.6. The lowest BCUT2D eigenvalue weighted by Gasteiger charge is -2.18. The van der Waals surface area contributed by atoms with Crippen LogP contribution < -0.4 is 5.73 Å². The molecule has 2 N–H and O–H groups in total. The number of aryl methyl sites for hydroxylation is 1. The van der Waals surface area contributed by atoms with Crippen LogP contribution in [0.15, 0.2) is 48.5 Å². The van der Waals surface area contributed by atoms with Gasteiger partial charge in [-0.15, -0.1) is 0 Å². The molecule has 1 aliphatic heterocycles. The first-order chi connectivity index (χ1) is 10.1. The summed E-state index contributed by atoms with van der Waals surface area (Å²) in [5.74, 6) is 0.110. The van der Waals surface area contributed by atoms with E-state index in [9.17, 15) is 4.39 Å². The number of benzene rings is 2. The van der Waals surface area contributed by atoms with Crippen molar-refractivity contribution in [3.8, 4) is 0 Å². The first-order valence-corrected chi connectivity index (χ1v) is 7.41. The fourth-order valence-electron chi connectivity index (χ4n) is 3.27. The molecule has 21 heavy (non-hydrogen) atoms. The molecule has 3 rings (SSSR count). The normalized spacial score (nSPS) is 22.6. The van der Waals surface area contributed by atoms with Crippen LogP contribution in [0.1, 0.15) is 22.6 Å². The molecule has 0 bridgehead atoms. The van der Waals surface area contributed by atoms with Gasteiger partial charge >= 0.3 is 0 Å². The fourth-order valence-corrected chi connectivity index (χ4v) is 3.27. The summed E-state index contributed by atoms with van der Waals surface area (Å²) in [5, 5.41) is 0. The number of hydrogen-bond donors (Lipinski definition) is 1. The van der Waals surface area contributed by atoms with Gasteiger partial charge in [0.1, 0.15) is 5.82 Å². The molecule has 1 saturated heterocycles. The van der Waals surface area contributed by atoms with Crippen molar-refractivity contribution in [1.29, 1.82) is 0 Å². The van der Waals surface area contributed by atoms with E-state index < -0.39 is 0 Å². The SMILES string of the molecule is Cc1cc(F)ccc1[C@@H]1CN(Cc2ccccc2)C[C@H]1N. The van der Waals surface area contributed by atoms with E-state index in [4.69, 9.17) is 5.73 Å². The Kier molecular flexibility index (Phi) is 4.04. The van der Waals surface area contributed by atoms with Crippen LogP contribution in [0.25, 0.3) is 0 Å². The van der Waals surface area contributed by atoms with E-state index in [0.717, 1.165) is 25.2 Å². The third kappa shape index (κ3) is 3.14. The van der Waals surface area contributed by atoms with E-state index in [-0.39, 0.29) is 17.8 Å². The van der Waals surface area contributed by atoms with Crippen LogP contribution in [0.4, 0.5) is 4.39 Å². The van der Waals surface area contributed by atoms with Gasteiger partial charge in [0.15, 0.2) is 0 Å². The van der Waals surface area contributed by atoms with Gasteiger partial charge in [0, 0.05) is 31.6 Å². The van der Waals surface area contributed by atoms with Crippen molar-refractivity contribution >= 4 is 0 Å². The monoisotopic (exact) mass is 284 g/mol. The van der Waals surface area contributed by atoms with E-state index in [1.807, 2.05) is 19.1 Å². The number of nitrogens with zero attached hydrogens (tertiary/aromatic N) is 1. The molecule has 2 aromatic rings. The highest BCUT2D eigenvalue weighted by Crippen LogP contribution is 2.30. The lowest BCUT2D eigenvalue weighted by atomic mass is 9.91. The molecule has 1 fully saturated rings. The molecule has 0 aromatic heterocycles. The summed E-state index contributed by atoms with van der Waals surface area (Å²) < 4.78 is 13.3. The van der Waals surface area contributed by atoms with Gasteiger partial charge < -0.3 is 5.73 Å². The Labute approximate surface area is 125 Å². The molecule has 0 amide bonds. The molecule has 2 nitrogen and oxygen atoms in total. The average molecular weight is 284 g/mol. The van der Waals surface area contributed by atoms with Gasteiger partial charge in [-0.2, -0.15) is 0 Å². The van der Waals surface area contributed by atoms with E-state index in [0.29, 0.717) is 0 Å². The lowest BCUT2D eigenvalue weighted by Crippen LogP contribution is -2.28. The molecule has 1 aliphatic rings. The summed E-state index contributed by atoms with van der Waals surface area (Å²) in [6.07, 6.45) is 0. The standard InChI is InChI=1S/C18H21FN2/c1-13-9-15(19)7-8-16(13)17-11-21(12-18(17)20)10-14-5-3-2-4-6-14/h2-9,17-18H,10-12,20H2,1H3/t17-,18+/m0/s1. The summed E-state index contributed by atoms with van der Waals surface area (Å²) in [7, 11) is 0. The van der Waals surface area contributed by atoms with Gasteiger partial charge in [0.2, 0.25) is 0 Å². The highest BCUT2D eigenvalue weighted by atomic mass is 19.1. The molecule has 2 atom stereocenters. The third-order valence-corrected chi connectivity index (χ3v) is 4.32. The zero-order valence-corrected chi connectivity index (χ0v) is 12.3. The van der Waals surface area contributed by atoms with Crippen LogP contribution in [0.3, 0.4) is 0 Å². The van der Waals surface area contributed by atoms with Crippen molar-refractivity contribution < 1.29 is 4.39 Å². The topological polar surface area (TPSA) is 29.3 Å². The first-order valence-electron chi connectivity index (χ1n) is 7.41. The number of nitrogens with two attached hydrogens (primary N) is 1. The van der Waals surface area contributed by atoms with E-state index in [1.165, 1.54) is 17.2 Å². The fraction of sp³-hybridized carbons (Fsp3) is 0.333. The van der Waals surface area contributed by atoms with Crippen molar-refractivity contribution in [2.75, 3.05) is 13.1 Å². The van der Waals surface area contributed by atoms with Crippen molar-refractivity contribution in [2.24, 2.45) is 5.73 Å². The molecule has 1 heterocycles.